The van der Waals surface area contributed by atoms with Gasteiger partial charge in [-0.3, -0.25) is 4.99 Å². The van der Waals surface area contributed by atoms with Crippen LogP contribution in [0.15, 0.2) is 4.99 Å². The van der Waals surface area contributed by atoms with Crippen LogP contribution in [0.5, 0.6) is 0 Å². The number of rotatable bonds is 13. The smallest absolute Gasteiger partial charge is 0.191 e. The van der Waals surface area contributed by atoms with Gasteiger partial charge >= 0.3 is 0 Å². The highest BCUT2D eigenvalue weighted by atomic mass is 127. The van der Waals surface area contributed by atoms with Gasteiger partial charge in [-0.2, -0.15) is 0 Å². The highest BCUT2D eigenvalue weighted by molar-refractivity contribution is 14.0. The molecule has 0 atom stereocenters. The molecule has 0 bridgehead atoms. The van der Waals surface area contributed by atoms with Crippen LogP contribution >= 0.6 is 24.0 Å². The maximum Gasteiger partial charge on any atom is 0.191 e. The Morgan fingerprint density at radius 1 is 1.05 bits per heavy atom. The second kappa shape index (κ2) is 18.9. The van der Waals surface area contributed by atoms with Gasteiger partial charge in [-0.15, -0.1) is 24.0 Å². The van der Waals surface area contributed by atoms with Crippen LogP contribution in [0, 0.1) is 0 Å². The van der Waals surface area contributed by atoms with Gasteiger partial charge in [-0.25, -0.2) is 0 Å². The standard InChI is InChI=1S/C15H34N4O2.HI/c1-5-16-15(18-10-11-19(6-2)7-3)17-9-8-12-21-14-13-20-4;/h5-14H2,1-4H3,(H2,16,17,18);1H. The number of nitrogens with zero attached hydrogens (tertiary/aromatic N) is 2. The molecule has 0 amide bonds. The van der Waals surface area contributed by atoms with Gasteiger partial charge in [-0.1, -0.05) is 13.8 Å². The average Bonchev–Trinajstić information content (AvgIpc) is 2.50. The zero-order valence-corrected chi connectivity index (χ0v) is 17.0. The third-order valence-corrected chi connectivity index (χ3v) is 3.11. The number of hydrogen-bond donors (Lipinski definition) is 2. The van der Waals surface area contributed by atoms with E-state index in [0.29, 0.717) is 13.2 Å². The number of halogens is 1. The van der Waals surface area contributed by atoms with Crippen LogP contribution in [-0.4, -0.2) is 77.1 Å². The lowest BCUT2D eigenvalue weighted by atomic mass is 10.4. The van der Waals surface area contributed by atoms with Crippen molar-refractivity contribution in [1.82, 2.24) is 15.5 Å². The molecule has 0 aromatic rings. The molecule has 134 valence electrons. The first-order valence-electron chi connectivity index (χ1n) is 8.09. The topological polar surface area (TPSA) is 58.1 Å². The highest BCUT2D eigenvalue weighted by Crippen LogP contribution is 1.87. The maximum absolute atomic E-state index is 5.42. The fourth-order valence-corrected chi connectivity index (χ4v) is 1.82. The number of methoxy groups -OCH3 is 1. The fraction of sp³-hybridized carbons (Fsp3) is 0.933. The summed E-state index contributed by atoms with van der Waals surface area (Å²) in [6, 6.07) is 0. The summed E-state index contributed by atoms with van der Waals surface area (Å²) in [5.41, 5.74) is 0. The van der Waals surface area contributed by atoms with Crippen molar-refractivity contribution in [1.29, 1.82) is 0 Å². The Balaban J connectivity index is 0. The van der Waals surface area contributed by atoms with E-state index in [-0.39, 0.29) is 24.0 Å². The van der Waals surface area contributed by atoms with Crippen LogP contribution < -0.4 is 10.6 Å². The van der Waals surface area contributed by atoms with Crippen molar-refractivity contribution in [3.8, 4) is 0 Å². The fourth-order valence-electron chi connectivity index (χ4n) is 1.82. The summed E-state index contributed by atoms with van der Waals surface area (Å²) in [6.45, 7) is 14.3. The zero-order valence-electron chi connectivity index (χ0n) is 14.7. The van der Waals surface area contributed by atoms with E-state index in [1.165, 1.54) is 0 Å². The van der Waals surface area contributed by atoms with Crippen molar-refractivity contribution in [2.45, 2.75) is 27.2 Å². The van der Waals surface area contributed by atoms with E-state index in [4.69, 9.17) is 9.47 Å². The van der Waals surface area contributed by atoms with Gasteiger partial charge in [-0.05, 0) is 26.4 Å². The van der Waals surface area contributed by atoms with Crippen LogP contribution in [-0.2, 0) is 9.47 Å². The van der Waals surface area contributed by atoms with Crippen molar-refractivity contribution in [3.05, 3.63) is 0 Å². The van der Waals surface area contributed by atoms with Crippen LogP contribution in [0.1, 0.15) is 27.2 Å². The molecule has 0 spiro atoms. The van der Waals surface area contributed by atoms with Crippen LogP contribution in [0.25, 0.3) is 0 Å². The number of nitrogens with one attached hydrogen (secondary N) is 2. The number of hydrogen-bond acceptors (Lipinski definition) is 4. The largest absolute Gasteiger partial charge is 0.382 e. The molecule has 22 heavy (non-hydrogen) atoms. The summed E-state index contributed by atoms with van der Waals surface area (Å²) >= 11 is 0. The van der Waals surface area contributed by atoms with Crippen molar-refractivity contribution in [2.75, 3.05) is 66.2 Å². The predicted octanol–water partition coefficient (Wildman–Crippen LogP) is 1.55. The monoisotopic (exact) mass is 430 g/mol. The molecule has 6 nitrogen and oxygen atoms in total. The van der Waals surface area contributed by atoms with Crippen LogP contribution in [0.4, 0.5) is 0 Å². The lowest BCUT2D eigenvalue weighted by Crippen LogP contribution is -2.41. The molecule has 0 aromatic carbocycles. The predicted molar refractivity (Wildman–Crippen MR) is 104 cm³/mol. The lowest BCUT2D eigenvalue weighted by Gasteiger charge is -2.19. The average molecular weight is 430 g/mol. The van der Waals surface area contributed by atoms with Crippen LogP contribution in [0.3, 0.4) is 0 Å². The Kier molecular flexibility index (Phi) is 20.8. The van der Waals surface area contributed by atoms with E-state index in [1.807, 2.05) is 0 Å². The summed E-state index contributed by atoms with van der Waals surface area (Å²) in [6.07, 6.45) is 0.927. The Labute approximate surface area is 153 Å². The van der Waals surface area contributed by atoms with E-state index in [2.05, 4.69) is 41.3 Å². The van der Waals surface area contributed by atoms with Crippen molar-refractivity contribution < 1.29 is 9.47 Å². The second-order valence-electron chi connectivity index (χ2n) is 4.67. The number of aliphatic imine (C=N–C) groups is 1. The minimum atomic E-state index is 0. The molecular formula is C15H35IN4O2. The highest BCUT2D eigenvalue weighted by Gasteiger charge is 2.00. The number of likely N-dealkylation sites (N-methyl/N-ethyl adjacent to an activating group) is 1. The Morgan fingerprint density at radius 3 is 2.36 bits per heavy atom. The maximum atomic E-state index is 5.42. The second-order valence-corrected chi connectivity index (χ2v) is 4.67. The van der Waals surface area contributed by atoms with Gasteiger partial charge in [0.2, 0.25) is 0 Å². The Morgan fingerprint density at radius 2 is 1.77 bits per heavy atom. The van der Waals surface area contributed by atoms with E-state index in [1.54, 1.807) is 7.11 Å². The summed E-state index contributed by atoms with van der Waals surface area (Å²) in [5.74, 6) is 0.890. The molecule has 0 aliphatic carbocycles. The molecule has 0 radical (unpaired) electrons. The van der Waals surface area contributed by atoms with Crippen molar-refractivity contribution >= 4 is 29.9 Å². The minimum Gasteiger partial charge on any atom is -0.382 e. The minimum absolute atomic E-state index is 0. The molecule has 0 saturated carbocycles. The van der Waals surface area contributed by atoms with E-state index < -0.39 is 0 Å². The van der Waals surface area contributed by atoms with Crippen LogP contribution in [0.2, 0.25) is 0 Å². The van der Waals surface area contributed by atoms with Crippen molar-refractivity contribution in [2.24, 2.45) is 4.99 Å². The molecular weight excluding hydrogens is 395 g/mol. The first kappa shape index (κ1) is 24.1. The van der Waals surface area contributed by atoms with Gasteiger partial charge in [0.1, 0.15) is 0 Å². The van der Waals surface area contributed by atoms with E-state index in [0.717, 1.165) is 58.3 Å². The molecule has 0 fully saturated rings. The van der Waals surface area contributed by atoms with E-state index in [9.17, 15) is 0 Å². The van der Waals surface area contributed by atoms with Gasteiger partial charge in [0.15, 0.2) is 5.96 Å². The normalized spacial score (nSPS) is 11.4. The number of ether oxygens (including phenoxy) is 2. The molecule has 0 aliphatic heterocycles. The Bertz CT molecular complexity index is 252. The Hall–Kier alpha value is -0.120. The van der Waals surface area contributed by atoms with Crippen molar-refractivity contribution in [3.63, 3.8) is 0 Å². The summed E-state index contributed by atoms with van der Waals surface area (Å²) in [4.78, 5) is 6.93. The summed E-state index contributed by atoms with van der Waals surface area (Å²) < 4.78 is 10.3. The summed E-state index contributed by atoms with van der Waals surface area (Å²) in [7, 11) is 1.68. The third kappa shape index (κ3) is 14.8. The SMILES string of the molecule is CCNC(=NCCCOCCOC)NCCN(CC)CC.I. The molecule has 0 heterocycles. The molecule has 0 aliphatic rings. The molecule has 0 aromatic heterocycles. The summed E-state index contributed by atoms with van der Waals surface area (Å²) in [5, 5.41) is 6.63. The van der Waals surface area contributed by atoms with Gasteiger partial charge < -0.3 is 25.0 Å². The zero-order chi connectivity index (χ0) is 15.8. The number of guanidine groups is 1. The first-order valence-corrected chi connectivity index (χ1v) is 8.09. The van der Waals surface area contributed by atoms with Gasteiger partial charge in [0.05, 0.1) is 13.2 Å². The quantitative estimate of drug-likeness (QED) is 0.201. The molecule has 2 N–H and O–H groups in total. The van der Waals surface area contributed by atoms with Gasteiger partial charge in [0, 0.05) is 39.9 Å². The molecule has 0 saturated heterocycles. The lowest BCUT2D eigenvalue weighted by molar-refractivity contribution is 0.0702. The molecule has 7 heteroatoms. The third-order valence-electron chi connectivity index (χ3n) is 3.11. The van der Waals surface area contributed by atoms with E-state index >= 15 is 0 Å². The molecule has 0 rings (SSSR count). The van der Waals surface area contributed by atoms with Gasteiger partial charge in [0.25, 0.3) is 0 Å². The molecule has 0 unspecified atom stereocenters. The first-order chi connectivity index (χ1) is 10.3.